The minimum atomic E-state index is -4.34. The van der Waals surface area contributed by atoms with Crippen LogP contribution >= 0.6 is 0 Å². The lowest BCUT2D eigenvalue weighted by Crippen LogP contribution is -2.26. The topological polar surface area (TPSA) is 60.2 Å². The molecule has 0 aromatic carbocycles. The van der Waals surface area contributed by atoms with Gasteiger partial charge in [0, 0.05) is 6.08 Å². The van der Waals surface area contributed by atoms with Gasteiger partial charge in [0.05, 0.1) is 6.04 Å². The molecule has 106 valence electrons. The van der Waals surface area contributed by atoms with E-state index in [1.165, 1.54) is 0 Å². The minimum Gasteiger partial charge on any atom is -0.445 e. The Labute approximate surface area is 107 Å². The maximum absolute atomic E-state index is 11.8. The summed E-state index contributed by atoms with van der Waals surface area (Å²) in [5.41, 5.74) is 0. The molecule has 19 heavy (non-hydrogen) atoms. The van der Waals surface area contributed by atoms with Crippen molar-refractivity contribution in [2.45, 2.75) is 31.5 Å². The molecular weight excluding hydrogens is 263 g/mol. The lowest BCUT2D eigenvalue weighted by Gasteiger charge is -2.19. The van der Waals surface area contributed by atoms with Gasteiger partial charge in [-0.3, -0.25) is 0 Å². The van der Waals surface area contributed by atoms with Crippen LogP contribution in [-0.2, 0) is 0 Å². The molecule has 0 unspecified atom stereocenters. The molecule has 1 aliphatic rings. The van der Waals surface area contributed by atoms with Crippen LogP contribution in [0.25, 0.3) is 0 Å². The molecule has 0 spiro atoms. The van der Waals surface area contributed by atoms with Gasteiger partial charge in [0.15, 0.2) is 0 Å². The second-order valence-electron chi connectivity index (χ2n) is 4.16. The summed E-state index contributed by atoms with van der Waals surface area (Å²) in [6.07, 6.45) is -0.421. The van der Waals surface area contributed by atoms with Gasteiger partial charge in [-0.25, -0.2) is 0 Å². The van der Waals surface area contributed by atoms with E-state index in [0.717, 1.165) is 31.9 Å². The molecule has 0 bridgehead atoms. The van der Waals surface area contributed by atoms with Crippen molar-refractivity contribution in [2.75, 3.05) is 13.2 Å². The first-order valence-electron chi connectivity index (χ1n) is 5.98. The summed E-state index contributed by atoms with van der Waals surface area (Å²) in [7, 11) is 0. The third-order valence-corrected chi connectivity index (χ3v) is 2.64. The number of rotatable bonds is 4. The fourth-order valence-electron chi connectivity index (χ4n) is 1.78. The molecule has 1 atom stereocenters. The van der Waals surface area contributed by atoms with Crippen molar-refractivity contribution >= 4 is 0 Å². The van der Waals surface area contributed by atoms with E-state index in [4.69, 9.17) is 9.15 Å². The molecule has 1 aliphatic heterocycles. The molecule has 2 heterocycles. The van der Waals surface area contributed by atoms with Crippen LogP contribution in [0, 0.1) is 0 Å². The lowest BCUT2D eigenvalue weighted by molar-refractivity contribution is -0.0802. The summed E-state index contributed by atoms with van der Waals surface area (Å²) < 4.78 is 45.6. The average Bonchev–Trinajstić information content (AvgIpc) is 2.83. The van der Waals surface area contributed by atoms with Crippen LogP contribution < -0.4 is 10.1 Å². The number of nitrogens with zero attached hydrogens (tertiary/aromatic N) is 2. The van der Waals surface area contributed by atoms with Crippen molar-refractivity contribution in [3.63, 3.8) is 0 Å². The number of aromatic nitrogens is 2. The van der Waals surface area contributed by atoms with Crippen molar-refractivity contribution in [1.29, 1.82) is 0 Å². The Balaban J connectivity index is 1.82. The van der Waals surface area contributed by atoms with Gasteiger partial charge in [-0.15, -0.1) is 5.10 Å². The molecule has 1 fully saturated rings. The number of piperidine rings is 1. The standard InChI is InChI=1S/C11H14F3N3O2/c12-11(13,14)5-3-7-18-10-17-16-9(19-10)8-4-1-2-6-15-8/h3,5,8,15H,1-2,4,6-7H2/b5-3+/t8-/m1/s1. The van der Waals surface area contributed by atoms with E-state index < -0.39 is 6.18 Å². The van der Waals surface area contributed by atoms with Crippen molar-refractivity contribution in [3.05, 3.63) is 18.0 Å². The Kier molecular flexibility index (Phi) is 4.41. The molecule has 2 rings (SSSR count). The molecule has 0 saturated carbocycles. The second kappa shape index (κ2) is 6.05. The van der Waals surface area contributed by atoms with Crippen LogP contribution in [-0.4, -0.2) is 29.5 Å². The number of ether oxygens (including phenoxy) is 1. The first kappa shape index (κ1) is 13.9. The quantitative estimate of drug-likeness (QED) is 0.856. The minimum absolute atomic E-state index is 0.00400. The summed E-state index contributed by atoms with van der Waals surface area (Å²) in [4.78, 5) is 0. The number of allylic oxidation sites excluding steroid dienone is 1. The Bertz CT molecular complexity index is 425. The summed E-state index contributed by atoms with van der Waals surface area (Å²) >= 11 is 0. The highest BCUT2D eigenvalue weighted by atomic mass is 19.4. The van der Waals surface area contributed by atoms with Gasteiger partial charge in [0.1, 0.15) is 6.61 Å². The second-order valence-corrected chi connectivity index (χ2v) is 4.16. The Morgan fingerprint density at radius 3 is 2.89 bits per heavy atom. The zero-order valence-electron chi connectivity index (χ0n) is 10.1. The van der Waals surface area contributed by atoms with Gasteiger partial charge in [0.2, 0.25) is 5.89 Å². The highest BCUT2D eigenvalue weighted by molar-refractivity contribution is 4.95. The number of hydrogen-bond donors (Lipinski definition) is 1. The van der Waals surface area contributed by atoms with E-state index in [2.05, 4.69) is 15.5 Å². The van der Waals surface area contributed by atoms with Crippen LogP contribution in [0.4, 0.5) is 13.2 Å². The van der Waals surface area contributed by atoms with E-state index >= 15 is 0 Å². The van der Waals surface area contributed by atoms with Crippen LogP contribution in [0.5, 0.6) is 6.08 Å². The summed E-state index contributed by atoms with van der Waals surface area (Å²) in [6.45, 7) is 0.622. The van der Waals surface area contributed by atoms with Crippen molar-refractivity contribution in [1.82, 2.24) is 15.5 Å². The maximum atomic E-state index is 11.8. The summed E-state index contributed by atoms with van der Waals surface area (Å²) in [5.74, 6) is 0.412. The normalized spacial score (nSPS) is 20.9. The average molecular weight is 277 g/mol. The van der Waals surface area contributed by atoms with E-state index in [9.17, 15) is 13.2 Å². The van der Waals surface area contributed by atoms with Gasteiger partial charge >= 0.3 is 12.3 Å². The lowest BCUT2D eigenvalue weighted by atomic mass is 10.1. The highest BCUT2D eigenvalue weighted by Crippen LogP contribution is 2.23. The van der Waals surface area contributed by atoms with Crippen molar-refractivity contribution in [3.8, 4) is 6.08 Å². The van der Waals surface area contributed by atoms with Crippen LogP contribution in [0.2, 0.25) is 0 Å². The van der Waals surface area contributed by atoms with E-state index in [1.54, 1.807) is 0 Å². The zero-order valence-corrected chi connectivity index (χ0v) is 10.1. The third-order valence-electron chi connectivity index (χ3n) is 2.64. The first-order chi connectivity index (χ1) is 9.04. The van der Waals surface area contributed by atoms with Crippen molar-refractivity contribution in [2.24, 2.45) is 0 Å². The largest absolute Gasteiger partial charge is 0.445 e. The number of nitrogens with one attached hydrogen (secondary N) is 1. The SMILES string of the molecule is FC(F)(F)/C=C/COc1nnc([C@H]2CCCCN2)o1. The molecule has 0 aliphatic carbocycles. The van der Waals surface area contributed by atoms with Gasteiger partial charge in [0.25, 0.3) is 0 Å². The molecular formula is C11H14F3N3O2. The summed E-state index contributed by atoms with van der Waals surface area (Å²) in [5, 5.41) is 10.7. The fourth-order valence-corrected chi connectivity index (χ4v) is 1.78. The predicted molar refractivity (Wildman–Crippen MR) is 59.6 cm³/mol. The van der Waals surface area contributed by atoms with Crippen molar-refractivity contribution < 1.29 is 22.3 Å². The number of alkyl halides is 3. The number of hydrogen-bond acceptors (Lipinski definition) is 5. The molecule has 1 saturated heterocycles. The monoisotopic (exact) mass is 277 g/mol. The third kappa shape index (κ3) is 4.55. The van der Waals surface area contributed by atoms with E-state index in [0.29, 0.717) is 5.89 Å². The van der Waals surface area contributed by atoms with Gasteiger partial charge in [-0.2, -0.15) is 13.2 Å². The van der Waals surface area contributed by atoms with Crippen LogP contribution in [0.1, 0.15) is 31.2 Å². The smallest absolute Gasteiger partial charge is 0.415 e. The molecule has 1 aromatic rings. The molecule has 1 aromatic heterocycles. The maximum Gasteiger partial charge on any atom is 0.415 e. The first-order valence-corrected chi connectivity index (χ1v) is 5.98. The molecule has 5 nitrogen and oxygen atoms in total. The van der Waals surface area contributed by atoms with Crippen LogP contribution in [0.3, 0.4) is 0 Å². The zero-order chi connectivity index (χ0) is 13.7. The van der Waals surface area contributed by atoms with Gasteiger partial charge in [-0.05, 0) is 25.5 Å². The molecule has 1 N–H and O–H groups in total. The predicted octanol–water partition coefficient (Wildman–Crippen LogP) is 2.38. The fraction of sp³-hybridized carbons (Fsp3) is 0.636. The summed E-state index contributed by atoms with van der Waals surface area (Å²) in [6, 6.07) is 0.00400. The highest BCUT2D eigenvalue weighted by Gasteiger charge is 2.22. The number of halogens is 3. The van der Waals surface area contributed by atoms with E-state index in [-0.39, 0.29) is 24.8 Å². The molecule has 0 amide bonds. The molecule has 0 radical (unpaired) electrons. The molecule has 8 heteroatoms. The van der Waals surface area contributed by atoms with E-state index in [1.807, 2.05) is 0 Å². The van der Waals surface area contributed by atoms with Gasteiger partial charge in [-0.1, -0.05) is 11.5 Å². The van der Waals surface area contributed by atoms with Crippen LogP contribution in [0.15, 0.2) is 16.6 Å². The van der Waals surface area contributed by atoms with Gasteiger partial charge < -0.3 is 14.5 Å². The Hall–Kier alpha value is -1.57. The Morgan fingerprint density at radius 1 is 1.37 bits per heavy atom. The Morgan fingerprint density at radius 2 is 2.21 bits per heavy atom.